The number of ether oxygens (including phenoxy) is 1. The quantitative estimate of drug-likeness (QED) is 0.821. The number of rotatable bonds is 3. The average molecular weight is 234 g/mol. The smallest absolute Gasteiger partial charge is 0.241 e. The SMILES string of the molecule is CCc1ccc(OC)c(C2NCCNC2=O)c1. The molecule has 0 saturated carbocycles. The number of nitrogens with one attached hydrogen (secondary N) is 2. The maximum absolute atomic E-state index is 11.8. The molecule has 1 aromatic carbocycles. The summed E-state index contributed by atoms with van der Waals surface area (Å²) in [5, 5.41) is 6.08. The lowest BCUT2D eigenvalue weighted by molar-refractivity contribution is -0.124. The van der Waals surface area contributed by atoms with Crippen molar-refractivity contribution in [3.05, 3.63) is 29.3 Å². The van der Waals surface area contributed by atoms with Crippen molar-refractivity contribution in [1.82, 2.24) is 10.6 Å². The zero-order valence-electron chi connectivity index (χ0n) is 10.2. The molecule has 1 aliphatic rings. The van der Waals surface area contributed by atoms with Crippen LogP contribution >= 0.6 is 0 Å². The molecule has 0 aliphatic carbocycles. The number of aryl methyl sites for hydroxylation is 1. The van der Waals surface area contributed by atoms with E-state index in [2.05, 4.69) is 17.6 Å². The van der Waals surface area contributed by atoms with Gasteiger partial charge in [0.05, 0.1) is 7.11 Å². The Hall–Kier alpha value is -1.55. The van der Waals surface area contributed by atoms with E-state index in [1.54, 1.807) is 7.11 Å². The first-order chi connectivity index (χ1) is 8.26. The van der Waals surface area contributed by atoms with Crippen LogP contribution in [0.15, 0.2) is 18.2 Å². The van der Waals surface area contributed by atoms with E-state index in [1.807, 2.05) is 18.2 Å². The highest BCUT2D eigenvalue weighted by Gasteiger charge is 2.26. The van der Waals surface area contributed by atoms with Gasteiger partial charge in [0.15, 0.2) is 0 Å². The van der Waals surface area contributed by atoms with Crippen LogP contribution in [0, 0.1) is 0 Å². The lowest BCUT2D eigenvalue weighted by Crippen LogP contribution is -2.47. The zero-order chi connectivity index (χ0) is 12.3. The number of hydrogen-bond acceptors (Lipinski definition) is 3. The van der Waals surface area contributed by atoms with Crippen LogP contribution in [0.5, 0.6) is 5.75 Å². The Bertz CT molecular complexity index is 418. The van der Waals surface area contributed by atoms with E-state index >= 15 is 0 Å². The summed E-state index contributed by atoms with van der Waals surface area (Å²) in [6, 6.07) is 5.70. The van der Waals surface area contributed by atoms with E-state index in [1.165, 1.54) is 5.56 Å². The van der Waals surface area contributed by atoms with Gasteiger partial charge in [0, 0.05) is 18.7 Å². The fraction of sp³-hybridized carbons (Fsp3) is 0.462. The van der Waals surface area contributed by atoms with E-state index < -0.39 is 0 Å². The standard InChI is InChI=1S/C13H18N2O2/c1-3-9-4-5-11(17-2)10(8-9)12-13(16)15-7-6-14-12/h4-5,8,12,14H,3,6-7H2,1-2H3,(H,15,16). The maximum Gasteiger partial charge on any atom is 0.241 e. The van der Waals surface area contributed by atoms with E-state index in [9.17, 15) is 4.79 Å². The summed E-state index contributed by atoms with van der Waals surface area (Å²) >= 11 is 0. The Morgan fingerprint density at radius 2 is 2.24 bits per heavy atom. The van der Waals surface area contributed by atoms with Crippen molar-refractivity contribution in [3.8, 4) is 5.75 Å². The van der Waals surface area contributed by atoms with Crippen molar-refractivity contribution in [2.24, 2.45) is 0 Å². The Kier molecular flexibility index (Phi) is 3.64. The van der Waals surface area contributed by atoms with Crippen LogP contribution in [0.4, 0.5) is 0 Å². The molecule has 0 radical (unpaired) electrons. The third-order valence-corrected chi connectivity index (χ3v) is 3.05. The first-order valence-corrected chi connectivity index (χ1v) is 5.94. The number of benzene rings is 1. The van der Waals surface area contributed by atoms with Gasteiger partial charge in [0.25, 0.3) is 0 Å². The molecule has 1 heterocycles. The summed E-state index contributed by atoms with van der Waals surface area (Å²) in [6.07, 6.45) is 0.950. The molecular formula is C13H18N2O2. The molecule has 4 heteroatoms. The number of methoxy groups -OCH3 is 1. The minimum absolute atomic E-state index is 0.0165. The molecule has 1 unspecified atom stereocenters. The summed E-state index contributed by atoms with van der Waals surface area (Å²) in [5.41, 5.74) is 2.13. The molecule has 4 nitrogen and oxygen atoms in total. The van der Waals surface area contributed by atoms with E-state index in [0.717, 1.165) is 24.3 Å². The van der Waals surface area contributed by atoms with E-state index in [0.29, 0.717) is 6.54 Å². The van der Waals surface area contributed by atoms with Gasteiger partial charge in [0.2, 0.25) is 5.91 Å². The van der Waals surface area contributed by atoms with Crippen LogP contribution in [0.3, 0.4) is 0 Å². The molecule has 17 heavy (non-hydrogen) atoms. The molecule has 1 saturated heterocycles. The van der Waals surface area contributed by atoms with Crippen molar-refractivity contribution in [2.75, 3.05) is 20.2 Å². The molecule has 1 atom stereocenters. The molecule has 1 fully saturated rings. The van der Waals surface area contributed by atoms with Gasteiger partial charge in [-0.25, -0.2) is 0 Å². The van der Waals surface area contributed by atoms with Crippen molar-refractivity contribution < 1.29 is 9.53 Å². The van der Waals surface area contributed by atoms with Gasteiger partial charge in [-0.3, -0.25) is 4.79 Å². The van der Waals surface area contributed by atoms with Gasteiger partial charge in [-0.05, 0) is 18.1 Å². The molecule has 2 rings (SSSR count). The lowest BCUT2D eigenvalue weighted by Gasteiger charge is -2.25. The molecule has 1 aliphatic heterocycles. The second-order valence-corrected chi connectivity index (χ2v) is 4.11. The average Bonchev–Trinajstić information content (AvgIpc) is 2.38. The Morgan fingerprint density at radius 3 is 2.88 bits per heavy atom. The minimum Gasteiger partial charge on any atom is -0.496 e. The fourth-order valence-electron chi connectivity index (χ4n) is 2.08. The first-order valence-electron chi connectivity index (χ1n) is 5.94. The van der Waals surface area contributed by atoms with Crippen molar-refractivity contribution in [3.63, 3.8) is 0 Å². The number of carbonyl (C=O) groups is 1. The van der Waals surface area contributed by atoms with Crippen molar-refractivity contribution >= 4 is 5.91 Å². The maximum atomic E-state index is 11.8. The highest BCUT2D eigenvalue weighted by Crippen LogP contribution is 2.27. The third-order valence-electron chi connectivity index (χ3n) is 3.05. The number of carbonyl (C=O) groups excluding carboxylic acids is 1. The number of piperazine rings is 1. The second-order valence-electron chi connectivity index (χ2n) is 4.11. The van der Waals surface area contributed by atoms with Crippen LogP contribution in [0.25, 0.3) is 0 Å². The monoisotopic (exact) mass is 234 g/mol. The third kappa shape index (κ3) is 2.42. The molecule has 0 aromatic heterocycles. The minimum atomic E-state index is -0.301. The fourth-order valence-corrected chi connectivity index (χ4v) is 2.08. The number of hydrogen-bond donors (Lipinski definition) is 2. The van der Waals surface area contributed by atoms with Gasteiger partial charge in [-0.1, -0.05) is 19.1 Å². The Labute approximate surface area is 101 Å². The highest BCUT2D eigenvalue weighted by atomic mass is 16.5. The van der Waals surface area contributed by atoms with Gasteiger partial charge in [0.1, 0.15) is 11.8 Å². The molecular weight excluding hydrogens is 216 g/mol. The number of amides is 1. The lowest BCUT2D eigenvalue weighted by atomic mass is 10.00. The topological polar surface area (TPSA) is 50.4 Å². The first kappa shape index (κ1) is 11.9. The molecule has 1 amide bonds. The molecule has 0 bridgehead atoms. The summed E-state index contributed by atoms with van der Waals surface area (Å²) in [6.45, 7) is 3.57. The zero-order valence-corrected chi connectivity index (χ0v) is 10.2. The van der Waals surface area contributed by atoms with Gasteiger partial charge < -0.3 is 15.4 Å². The predicted molar refractivity (Wildman–Crippen MR) is 66.1 cm³/mol. The van der Waals surface area contributed by atoms with Gasteiger partial charge >= 0.3 is 0 Å². The van der Waals surface area contributed by atoms with Crippen LogP contribution in [0.1, 0.15) is 24.1 Å². The molecule has 2 N–H and O–H groups in total. The Morgan fingerprint density at radius 1 is 1.41 bits per heavy atom. The van der Waals surface area contributed by atoms with Crippen LogP contribution in [-0.4, -0.2) is 26.1 Å². The molecule has 92 valence electrons. The van der Waals surface area contributed by atoms with E-state index in [-0.39, 0.29) is 11.9 Å². The summed E-state index contributed by atoms with van der Waals surface area (Å²) < 4.78 is 5.33. The largest absolute Gasteiger partial charge is 0.496 e. The second kappa shape index (κ2) is 5.19. The predicted octanol–water partition coefficient (Wildman–Crippen LogP) is 1.02. The van der Waals surface area contributed by atoms with Gasteiger partial charge in [-0.2, -0.15) is 0 Å². The summed E-state index contributed by atoms with van der Waals surface area (Å²) in [4.78, 5) is 11.8. The van der Waals surface area contributed by atoms with Crippen LogP contribution in [-0.2, 0) is 11.2 Å². The highest BCUT2D eigenvalue weighted by molar-refractivity contribution is 5.84. The van der Waals surface area contributed by atoms with Crippen LogP contribution in [0.2, 0.25) is 0 Å². The Balaban J connectivity index is 2.37. The normalized spacial score (nSPS) is 19.9. The summed E-state index contributed by atoms with van der Waals surface area (Å²) in [5.74, 6) is 0.777. The summed E-state index contributed by atoms with van der Waals surface area (Å²) in [7, 11) is 1.63. The van der Waals surface area contributed by atoms with Crippen LogP contribution < -0.4 is 15.4 Å². The van der Waals surface area contributed by atoms with E-state index in [4.69, 9.17) is 4.74 Å². The van der Waals surface area contributed by atoms with Crippen molar-refractivity contribution in [2.45, 2.75) is 19.4 Å². The molecule has 1 aromatic rings. The molecule has 0 spiro atoms. The van der Waals surface area contributed by atoms with Crippen molar-refractivity contribution in [1.29, 1.82) is 0 Å². The van der Waals surface area contributed by atoms with Gasteiger partial charge in [-0.15, -0.1) is 0 Å².